The lowest BCUT2D eigenvalue weighted by Crippen LogP contribution is -2.47. The van der Waals surface area contributed by atoms with Crippen LogP contribution in [0.15, 0.2) is 0 Å². The maximum Gasteiger partial charge on any atom is 0.407 e. The highest BCUT2D eigenvalue weighted by Gasteiger charge is 2.19. The molecular weight excluding hydrogens is 324 g/mol. The Balaban J connectivity index is 4.02. The Morgan fingerprint density at radius 1 is 1.22 bits per heavy atom. The van der Waals surface area contributed by atoms with Gasteiger partial charge in [-0.2, -0.15) is 0 Å². The molecule has 0 rings (SSSR count). The zero-order chi connectivity index (χ0) is 18.0. The predicted molar refractivity (Wildman–Crippen MR) is 87.8 cm³/mol. The summed E-state index contributed by atoms with van der Waals surface area (Å²) in [5.74, 6) is -1.72. The Bertz CT molecular complexity index is 450. The van der Waals surface area contributed by atoms with Crippen molar-refractivity contribution in [3.63, 3.8) is 0 Å². The minimum absolute atomic E-state index is 0.0304. The number of alkyl carbamates (subject to hydrolysis) is 1. The molecular formula is C13H24N4O5S. The summed E-state index contributed by atoms with van der Waals surface area (Å²) in [7, 11) is 0. The van der Waals surface area contributed by atoms with Gasteiger partial charge in [0.2, 0.25) is 5.91 Å². The molecule has 23 heavy (non-hydrogen) atoms. The second-order valence-electron chi connectivity index (χ2n) is 5.72. The van der Waals surface area contributed by atoms with Crippen molar-refractivity contribution >= 4 is 35.3 Å². The number of hydrogen-bond donors (Lipinski definition) is 5. The van der Waals surface area contributed by atoms with Gasteiger partial charge in [0.15, 0.2) is 5.11 Å². The van der Waals surface area contributed by atoms with Gasteiger partial charge < -0.3 is 31.5 Å². The number of nitrogens with two attached hydrogens (primary N) is 1. The maximum atomic E-state index is 11.4. The van der Waals surface area contributed by atoms with Crippen molar-refractivity contribution in [1.82, 2.24) is 16.0 Å². The molecule has 6 N–H and O–H groups in total. The first-order valence-electron chi connectivity index (χ1n) is 7.03. The average molecular weight is 348 g/mol. The fourth-order valence-corrected chi connectivity index (χ4v) is 1.65. The number of thiocarbonyl (C=S) groups is 1. The zero-order valence-electron chi connectivity index (χ0n) is 13.5. The smallest absolute Gasteiger partial charge is 0.407 e. The Labute approximate surface area is 140 Å². The monoisotopic (exact) mass is 348 g/mol. The maximum absolute atomic E-state index is 11.4. The molecule has 1 atom stereocenters. The first kappa shape index (κ1) is 20.9. The molecule has 0 saturated heterocycles. The Morgan fingerprint density at radius 2 is 1.78 bits per heavy atom. The molecule has 0 fully saturated rings. The molecule has 0 radical (unpaired) electrons. The number of ether oxygens (including phenoxy) is 1. The largest absolute Gasteiger partial charge is 0.480 e. The third-order valence-electron chi connectivity index (χ3n) is 2.36. The molecule has 0 aliphatic rings. The number of nitrogens with one attached hydrogen (secondary N) is 3. The number of carbonyl (C=O) groups excluding carboxylic acids is 2. The van der Waals surface area contributed by atoms with E-state index in [9.17, 15) is 14.4 Å². The van der Waals surface area contributed by atoms with E-state index in [0.29, 0.717) is 0 Å². The topological polar surface area (TPSA) is 143 Å². The third-order valence-corrected chi connectivity index (χ3v) is 2.62. The first-order chi connectivity index (χ1) is 10.5. The molecule has 9 nitrogen and oxygen atoms in total. The molecule has 1 unspecified atom stereocenters. The van der Waals surface area contributed by atoms with Crippen molar-refractivity contribution in [3.05, 3.63) is 0 Å². The van der Waals surface area contributed by atoms with Crippen LogP contribution in [0.1, 0.15) is 33.6 Å². The van der Waals surface area contributed by atoms with Gasteiger partial charge in [-0.3, -0.25) is 4.79 Å². The van der Waals surface area contributed by atoms with Gasteiger partial charge in [0, 0.05) is 19.5 Å². The molecule has 10 heteroatoms. The summed E-state index contributed by atoms with van der Waals surface area (Å²) in [6.45, 7) is 5.79. The van der Waals surface area contributed by atoms with Gasteiger partial charge in [-0.1, -0.05) is 0 Å². The lowest BCUT2D eigenvalue weighted by molar-refractivity contribution is -0.139. The van der Waals surface area contributed by atoms with Crippen LogP contribution in [0.5, 0.6) is 0 Å². The van der Waals surface area contributed by atoms with Crippen LogP contribution in [0, 0.1) is 0 Å². The van der Waals surface area contributed by atoms with E-state index < -0.39 is 29.6 Å². The van der Waals surface area contributed by atoms with Crippen LogP contribution in [-0.4, -0.2) is 52.9 Å². The number of primary amides is 1. The van der Waals surface area contributed by atoms with E-state index >= 15 is 0 Å². The lowest BCUT2D eigenvalue weighted by atomic mass is 10.1. The Kier molecular flexibility index (Phi) is 8.93. The minimum atomic E-state index is -1.14. The van der Waals surface area contributed by atoms with Gasteiger partial charge in [-0.05, 0) is 39.4 Å². The summed E-state index contributed by atoms with van der Waals surface area (Å²) < 4.78 is 5.05. The summed E-state index contributed by atoms with van der Waals surface area (Å²) in [5, 5.41) is 17.0. The number of carbonyl (C=O) groups is 3. The molecule has 0 bridgehead atoms. The van der Waals surface area contributed by atoms with Gasteiger partial charge in [0.05, 0.1) is 0 Å². The number of aliphatic carboxylic acids is 1. The molecule has 0 aromatic heterocycles. The quantitative estimate of drug-likeness (QED) is 0.297. The van der Waals surface area contributed by atoms with Crippen LogP contribution in [0.3, 0.4) is 0 Å². The number of carboxylic acids is 1. The summed E-state index contributed by atoms with van der Waals surface area (Å²) in [5.41, 5.74) is 4.40. The first-order valence-corrected chi connectivity index (χ1v) is 7.44. The number of carboxylic acid groups (broad SMARTS) is 1. The van der Waals surface area contributed by atoms with E-state index in [-0.39, 0.29) is 31.0 Å². The molecule has 0 aromatic rings. The SMILES string of the molecule is CC(C)(C)OC(=O)NCCNC(=S)NC(CCC(N)=O)C(=O)O. The highest BCUT2D eigenvalue weighted by molar-refractivity contribution is 7.80. The van der Waals surface area contributed by atoms with E-state index in [1.165, 1.54) is 0 Å². The molecule has 0 aliphatic heterocycles. The van der Waals surface area contributed by atoms with Gasteiger partial charge in [-0.15, -0.1) is 0 Å². The molecule has 0 aliphatic carbocycles. The fourth-order valence-electron chi connectivity index (χ4n) is 1.41. The van der Waals surface area contributed by atoms with Crippen LogP contribution in [0.4, 0.5) is 4.79 Å². The number of amides is 2. The molecule has 132 valence electrons. The van der Waals surface area contributed by atoms with Crippen LogP contribution < -0.4 is 21.7 Å². The molecule has 2 amide bonds. The van der Waals surface area contributed by atoms with Crippen molar-refractivity contribution in [2.75, 3.05) is 13.1 Å². The average Bonchev–Trinajstić information content (AvgIpc) is 2.37. The highest BCUT2D eigenvalue weighted by Crippen LogP contribution is 2.05. The predicted octanol–water partition coefficient (Wildman–Crippen LogP) is -0.306. The standard InChI is InChI=1S/C13H24N4O5S/c1-13(2,3)22-12(21)16-7-6-15-11(23)17-8(10(19)20)4-5-9(14)18/h8H,4-7H2,1-3H3,(H2,14,18)(H,16,21)(H,19,20)(H2,15,17,23). The van der Waals surface area contributed by atoms with Crippen molar-refractivity contribution in [1.29, 1.82) is 0 Å². The highest BCUT2D eigenvalue weighted by atomic mass is 32.1. The van der Waals surface area contributed by atoms with Crippen LogP contribution >= 0.6 is 12.2 Å². The van der Waals surface area contributed by atoms with E-state index in [2.05, 4.69) is 16.0 Å². The number of rotatable bonds is 8. The molecule has 0 aromatic carbocycles. The normalized spacial score (nSPS) is 12.0. The number of hydrogen-bond acceptors (Lipinski definition) is 5. The van der Waals surface area contributed by atoms with Crippen molar-refractivity contribution in [3.8, 4) is 0 Å². The Hall–Kier alpha value is -2.10. The van der Waals surface area contributed by atoms with Crippen molar-refractivity contribution in [2.45, 2.75) is 45.3 Å². The van der Waals surface area contributed by atoms with Crippen molar-refractivity contribution in [2.24, 2.45) is 5.73 Å². The van der Waals surface area contributed by atoms with Crippen LogP contribution in [-0.2, 0) is 14.3 Å². The fraction of sp³-hybridized carbons (Fsp3) is 0.692. The summed E-state index contributed by atoms with van der Waals surface area (Å²) >= 11 is 4.95. The lowest BCUT2D eigenvalue weighted by Gasteiger charge is -2.20. The molecule has 0 saturated carbocycles. The summed E-state index contributed by atoms with van der Waals surface area (Å²) in [6.07, 6.45) is -0.585. The minimum Gasteiger partial charge on any atom is -0.480 e. The van der Waals surface area contributed by atoms with Gasteiger partial charge >= 0.3 is 12.1 Å². The Morgan fingerprint density at radius 3 is 2.26 bits per heavy atom. The van der Waals surface area contributed by atoms with Crippen LogP contribution in [0.2, 0.25) is 0 Å². The molecule has 0 spiro atoms. The second-order valence-corrected chi connectivity index (χ2v) is 6.13. The van der Waals surface area contributed by atoms with Crippen molar-refractivity contribution < 1.29 is 24.2 Å². The third kappa shape index (κ3) is 12.2. The summed E-state index contributed by atoms with van der Waals surface area (Å²) in [4.78, 5) is 33.1. The van der Waals surface area contributed by atoms with E-state index in [4.69, 9.17) is 27.8 Å². The van der Waals surface area contributed by atoms with Gasteiger partial charge in [-0.25, -0.2) is 9.59 Å². The summed E-state index contributed by atoms with van der Waals surface area (Å²) in [6, 6.07) is -1.01. The zero-order valence-corrected chi connectivity index (χ0v) is 14.3. The second kappa shape index (κ2) is 9.82. The van der Waals surface area contributed by atoms with E-state index in [1.54, 1.807) is 20.8 Å². The van der Waals surface area contributed by atoms with Crippen LogP contribution in [0.25, 0.3) is 0 Å². The molecule has 0 heterocycles. The van der Waals surface area contributed by atoms with Gasteiger partial charge in [0.1, 0.15) is 11.6 Å². The van der Waals surface area contributed by atoms with E-state index in [1.807, 2.05) is 0 Å². The van der Waals surface area contributed by atoms with E-state index in [0.717, 1.165) is 0 Å². The van der Waals surface area contributed by atoms with Gasteiger partial charge in [0.25, 0.3) is 0 Å².